The van der Waals surface area contributed by atoms with E-state index < -0.39 is 0 Å². The number of nitrogens with one attached hydrogen (secondary N) is 6. The van der Waals surface area contributed by atoms with Crippen molar-refractivity contribution in [1.82, 2.24) is 25.1 Å². The number of hydrogen-bond acceptors (Lipinski definition) is 12. The van der Waals surface area contributed by atoms with Crippen LogP contribution in [0.1, 0.15) is 54.9 Å². The minimum atomic E-state index is 0.00696. The number of hydrazone groups is 1. The predicted octanol–water partition coefficient (Wildman–Crippen LogP) is 7.12. The first kappa shape index (κ1) is 34.5. The number of aryl methyl sites for hydroxylation is 1. The average Bonchev–Trinajstić information content (AvgIpc) is 3.55. The second-order valence-corrected chi connectivity index (χ2v) is 14.7. The van der Waals surface area contributed by atoms with Crippen molar-refractivity contribution in [2.45, 2.75) is 69.9 Å². The third-order valence-electron chi connectivity index (χ3n) is 8.88. The van der Waals surface area contributed by atoms with Gasteiger partial charge in [-0.1, -0.05) is 60.3 Å². The number of hydrogen-bond donors (Lipinski definition) is 6. The molecular formula is C36H44N10OS2. The SMILES string of the molecule is CC1=NNC(NSc2ccc(NC(=O)C3CCC(CNc4nc(NCc5ccccc5)nc(NCc5cccc(C)c5C)n4)CC3)cc2)S1. The molecule has 2 aliphatic rings. The number of carbonyl (C=O) groups excluding carboxylic acids is 1. The van der Waals surface area contributed by atoms with Crippen molar-refractivity contribution in [3.8, 4) is 0 Å². The molecule has 0 bridgehead atoms. The zero-order valence-corrected chi connectivity index (χ0v) is 29.8. The van der Waals surface area contributed by atoms with Gasteiger partial charge in [-0.25, -0.2) is 4.72 Å². The molecule has 1 aliphatic heterocycles. The molecule has 1 fully saturated rings. The van der Waals surface area contributed by atoms with E-state index in [1.165, 1.54) is 28.6 Å². The van der Waals surface area contributed by atoms with E-state index in [4.69, 9.17) is 4.98 Å². The normalized spacial score (nSPS) is 18.7. The third kappa shape index (κ3) is 10.1. The first-order valence-electron chi connectivity index (χ1n) is 16.7. The molecule has 1 atom stereocenters. The van der Waals surface area contributed by atoms with Gasteiger partial charge < -0.3 is 21.3 Å². The Morgan fingerprint density at radius 3 is 2.20 bits per heavy atom. The molecule has 4 aromatic rings. The summed E-state index contributed by atoms with van der Waals surface area (Å²) >= 11 is 3.19. The largest absolute Gasteiger partial charge is 0.354 e. The van der Waals surface area contributed by atoms with Crippen LogP contribution >= 0.6 is 23.7 Å². The summed E-state index contributed by atoms with van der Waals surface area (Å²) < 4.78 is 3.34. The molecular weight excluding hydrogens is 653 g/mol. The summed E-state index contributed by atoms with van der Waals surface area (Å²) in [5, 5.41) is 18.6. The lowest BCUT2D eigenvalue weighted by Gasteiger charge is -2.28. The van der Waals surface area contributed by atoms with E-state index in [0.717, 1.165) is 53.4 Å². The molecule has 0 spiro atoms. The fourth-order valence-electron chi connectivity index (χ4n) is 5.83. The Morgan fingerprint density at radius 1 is 0.816 bits per heavy atom. The predicted molar refractivity (Wildman–Crippen MR) is 202 cm³/mol. The minimum absolute atomic E-state index is 0.00696. The molecule has 11 nitrogen and oxygen atoms in total. The third-order valence-corrected chi connectivity index (χ3v) is 10.8. The van der Waals surface area contributed by atoms with Crippen molar-refractivity contribution in [3.05, 3.63) is 95.1 Å². The summed E-state index contributed by atoms with van der Waals surface area (Å²) in [5.74, 6) is 2.10. The fourth-order valence-corrected chi connectivity index (χ4v) is 7.28. The number of nitrogens with zero attached hydrogens (tertiary/aromatic N) is 4. The zero-order chi connectivity index (χ0) is 34.0. The van der Waals surface area contributed by atoms with Gasteiger partial charge in [-0.15, -0.1) is 0 Å². The van der Waals surface area contributed by atoms with Gasteiger partial charge in [-0.3, -0.25) is 10.2 Å². The van der Waals surface area contributed by atoms with E-state index in [2.05, 4.69) is 90.7 Å². The summed E-state index contributed by atoms with van der Waals surface area (Å²) in [7, 11) is 0. The number of carbonyl (C=O) groups is 1. The molecule has 1 amide bonds. The van der Waals surface area contributed by atoms with Crippen LogP contribution in [-0.2, 0) is 17.9 Å². The summed E-state index contributed by atoms with van der Waals surface area (Å²) in [6.45, 7) is 8.21. The van der Waals surface area contributed by atoms with Gasteiger partial charge in [0.05, 0.1) is 5.04 Å². The van der Waals surface area contributed by atoms with Gasteiger partial charge in [0.2, 0.25) is 23.8 Å². The van der Waals surface area contributed by atoms with Gasteiger partial charge in [0, 0.05) is 36.1 Å². The van der Waals surface area contributed by atoms with Crippen LogP contribution in [0.5, 0.6) is 0 Å². The van der Waals surface area contributed by atoms with Crippen molar-refractivity contribution in [1.29, 1.82) is 0 Å². The lowest BCUT2D eigenvalue weighted by Crippen LogP contribution is -2.29. The Balaban J connectivity index is 0.988. The second-order valence-electron chi connectivity index (χ2n) is 12.4. The Morgan fingerprint density at radius 2 is 1.51 bits per heavy atom. The highest BCUT2D eigenvalue weighted by Crippen LogP contribution is 2.30. The maximum Gasteiger partial charge on any atom is 0.229 e. The average molecular weight is 697 g/mol. The monoisotopic (exact) mass is 696 g/mol. The van der Waals surface area contributed by atoms with E-state index in [1.807, 2.05) is 49.4 Å². The van der Waals surface area contributed by atoms with Crippen LogP contribution in [0.3, 0.4) is 0 Å². The van der Waals surface area contributed by atoms with Crippen molar-refractivity contribution >= 4 is 58.2 Å². The van der Waals surface area contributed by atoms with E-state index >= 15 is 0 Å². The van der Waals surface area contributed by atoms with E-state index in [0.29, 0.717) is 36.9 Å². The summed E-state index contributed by atoms with van der Waals surface area (Å²) in [5.41, 5.74) is 8.79. The molecule has 1 aromatic heterocycles. The maximum atomic E-state index is 13.1. The van der Waals surface area contributed by atoms with Gasteiger partial charge in [0.25, 0.3) is 0 Å². The van der Waals surface area contributed by atoms with E-state index in [9.17, 15) is 4.79 Å². The topological polar surface area (TPSA) is 140 Å². The molecule has 6 N–H and O–H groups in total. The van der Waals surface area contributed by atoms with Crippen LogP contribution < -0.4 is 31.4 Å². The van der Waals surface area contributed by atoms with Crippen LogP contribution in [-0.4, -0.2) is 37.9 Å². The first-order valence-corrected chi connectivity index (χ1v) is 18.4. The van der Waals surface area contributed by atoms with Crippen molar-refractivity contribution in [3.63, 3.8) is 0 Å². The number of aromatic nitrogens is 3. The van der Waals surface area contributed by atoms with E-state index in [-0.39, 0.29) is 17.3 Å². The molecule has 6 rings (SSSR count). The lowest BCUT2D eigenvalue weighted by molar-refractivity contribution is -0.121. The molecule has 49 heavy (non-hydrogen) atoms. The minimum Gasteiger partial charge on any atom is -0.354 e. The second kappa shape index (κ2) is 16.9. The van der Waals surface area contributed by atoms with Gasteiger partial charge >= 0.3 is 0 Å². The molecule has 3 aromatic carbocycles. The maximum absolute atomic E-state index is 13.1. The Kier molecular flexibility index (Phi) is 11.9. The molecule has 256 valence electrons. The van der Waals surface area contributed by atoms with Crippen LogP contribution in [0.15, 0.2) is 82.8 Å². The lowest BCUT2D eigenvalue weighted by atomic mass is 9.81. The van der Waals surface area contributed by atoms with Gasteiger partial charge in [0.15, 0.2) is 5.50 Å². The Bertz CT molecular complexity index is 1730. The molecule has 2 heterocycles. The van der Waals surface area contributed by atoms with Gasteiger partial charge in [0.1, 0.15) is 0 Å². The Labute approximate surface area is 296 Å². The number of anilines is 4. The van der Waals surface area contributed by atoms with Crippen LogP contribution in [0.25, 0.3) is 0 Å². The summed E-state index contributed by atoms with van der Waals surface area (Å²) in [6, 6.07) is 24.5. The van der Waals surface area contributed by atoms with Crippen LogP contribution in [0.2, 0.25) is 0 Å². The number of amides is 1. The smallest absolute Gasteiger partial charge is 0.229 e. The zero-order valence-electron chi connectivity index (χ0n) is 28.1. The number of thioether (sulfide) groups is 1. The van der Waals surface area contributed by atoms with Crippen molar-refractivity contribution in [2.24, 2.45) is 16.9 Å². The summed E-state index contributed by atoms with van der Waals surface area (Å²) in [6.07, 6.45) is 3.63. The van der Waals surface area contributed by atoms with E-state index in [1.54, 1.807) is 11.8 Å². The van der Waals surface area contributed by atoms with Crippen LogP contribution in [0.4, 0.5) is 23.5 Å². The quantitative estimate of drug-likeness (QED) is 0.0751. The van der Waals surface area contributed by atoms with Gasteiger partial charge in [-0.05, 0) is 111 Å². The first-order chi connectivity index (χ1) is 23.9. The highest BCUT2D eigenvalue weighted by Gasteiger charge is 2.26. The highest BCUT2D eigenvalue weighted by atomic mass is 32.2. The van der Waals surface area contributed by atoms with Crippen molar-refractivity contribution in [2.75, 3.05) is 27.8 Å². The highest BCUT2D eigenvalue weighted by molar-refractivity contribution is 8.15. The molecule has 0 saturated heterocycles. The molecule has 1 unspecified atom stereocenters. The standard InChI is InChI=1S/C36H44N10OS2/c1-23-8-7-11-29(24(23)2)22-39-35-42-33(37-20-26-9-5-4-6-10-26)41-34(43-35)38-21-27-12-14-28(15-13-27)32(47)40-30-16-18-31(19-17-30)49-46-36-45-44-25(3)48-36/h4-11,16-19,27-28,36,45-46H,12-15,20-22H2,1-3H3,(H,40,47)(H3,37,38,39,41,42,43). The van der Waals surface area contributed by atoms with Gasteiger partial charge in [-0.2, -0.15) is 20.1 Å². The van der Waals surface area contributed by atoms with Crippen molar-refractivity contribution < 1.29 is 4.79 Å². The molecule has 13 heteroatoms. The Hall–Kier alpha value is -4.33. The summed E-state index contributed by atoms with van der Waals surface area (Å²) in [4.78, 5) is 28.2. The van der Waals surface area contributed by atoms with Crippen LogP contribution in [0, 0.1) is 25.7 Å². The molecule has 1 aliphatic carbocycles. The molecule has 0 radical (unpaired) electrons. The fraction of sp³-hybridized carbons (Fsp3) is 0.361. The molecule has 1 saturated carbocycles. The number of benzene rings is 3. The number of rotatable bonds is 14.